The topological polar surface area (TPSA) is 58.6 Å². The Hall–Kier alpha value is -2.50. The maximum atomic E-state index is 12.6. The summed E-state index contributed by atoms with van der Waals surface area (Å²) < 4.78 is 5.37. The second kappa shape index (κ2) is 7.17. The molecule has 0 radical (unpaired) electrons. The van der Waals surface area contributed by atoms with Gasteiger partial charge in [-0.15, -0.1) is 0 Å². The molecule has 1 aliphatic rings. The normalized spacial score (nSPS) is 15.6. The van der Waals surface area contributed by atoms with Crippen molar-refractivity contribution in [2.45, 2.75) is 6.92 Å². The molecule has 0 atom stereocenters. The molecule has 0 aliphatic carbocycles. The number of rotatable bonds is 4. The van der Waals surface area contributed by atoms with E-state index in [-0.39, 0.29) is 5.57 Å². The Morgan fingerprint density at radius 3 is 2.44 bits per heavy atom. The molecule has 1 fully saturated rings. The fourth-order valence-electron chi connectivity index (χ4n) is 2.36. The standard InChI is InChI=1S/C18H14Cl2N2O3/c1-2-25-13-6-3-11(4-7-13)9-14-17(23)21-22(18(14)24)12-5-8-15(19)16(20)10-12/h3-10H,2H2,1H3,(H,21,23)/b14-9+. The van der Waals surface area contributed by atoms with Crippen molar-refractivity contribution in [2.24, 2.45) is 0 Å². The van der Waals surface area contributed by atoms with Crippen LogP contribution < -0.4 is 15.2 Å². The van der Waals surface area contributed by atoms with Gasteiger partial charge in [0.05, 0.1) is 22.3 Å². The third kappa shape index (κ3) is 3.62. The zero-order valence-corrected chi connectivity index (χ0v) is 14.8. The first-order valence-corrected chi connectivity index (χ1v) is 8.30. The summed E-state index contributed by atoms with van der Waals surface area (Å²) in [5.41, 5.74) is 3.71. The van der Waals surface area contributed by atoms with Crippen molar-refractivity contribution in [2.75, 3.05) is 11.6 Å². The summed E-state index contributed by atoms with van der Waals surface area (Å²) in [6.45, 7) is 2.47. The van der Waals surface area contributed by atoms with E-state index in [9.17, 15) is 9.59 Å². The lowest BCUT2D eigenvalue weighted by Crippen LogP contribution is -2.35. The zero-order chi connectivity index (χ0) is 18.0. The highest BCUT2D eigenvalue weighted by Gasteiger charge is 2.34. The van der Waals surface area contributed by atoms with E-state index in [1.165, 1.54) is 12.1 Å². The molecule has 2 aromatic rings. The highest BCUT2D eigenvalue weighted by atomic mass is 35.5. The van der Waals surface area contributed by atoms with E-state index in [2.05, 4.69) is 5.43 Å². The molecule has 7 heteroatoms. The second-order valence-electron chi connectivity index (χ2n) is 5.24. The number of nitrogens with one attached hydrogen (secondary N) is 1. The van der Waals surface area contributed by atoms with Gasteiger partial charge in [-0.1, -0.05) is 35.3 Å². The summed E-state index contributed by atoms with van der Waals surface area (Å²) >= 11 is 11.9. The molecule has 0 bridgehead atoms. The number of carbonyl (C=O) groups excluding carboxylic acids is 2. The first kappa shape index (κ1) is 17.3. The van der Waals surface area contributed by atoms with E-state index in [1.54, 1.807) is 36.4 Å². The van der Waals surface area contributed by atoms with Gasteiger partial charge >= 0.3 is 0 Å². The largest absolute Gasteiger partial charge is 0.494 e. The Morgan fingerprint density at radius 2 is 1.80 bits per heavy atom. The third-order valence-corrected chi connectivity index (χ3v) is 4.29. The summed E-state index contributed by atoms with van der Waals surface area (Å²) in [6, 6.07) is 11.8. The minimum atomic E-state index is -0.482. The average Bonchev–Trinajstić information content (AvgIpc) is 2.87. The highest BCUT2D eigenvalue weighted by molar-refractivity contribution is 6.42. The van der Waals surface area contributed by atoms with Crippen LogP contribution >= 0.6 is 23.2 Å². The number of carbonyl (C=O) groups is 2. The number of amides is 2. The van der Waals surface area contributed by atoms with Crippen LogP contribution in [0, 0.1) is 0 Å². The number of benzene rings is 2. The predicted molar refractivity (Wildman–Crippen MR) is 97.7 cm³/mol. The van der Waals surface area contributed by atoms with E-state index >= 15 is 0 Å². The number of halogens is 2. The lowest BCUT2D eigenvalue weighted by Gasteiger charge is -2.15. The Bertz CT molecular complexity index is 863. The van der Waals surface area contributed by atoms with Gasteiger partial charge in [-0.3, -0.25) is 15.0 Å². The lowest BCUT2D eigenvalue weighted by molar-refractivity contribution is -0.117. The van der Waals surface area contributed by atoms with Gasteiger partial charge in [0.1, 0.15) is 11.3 Å². The van der Waals surface area contributed by atoms with Gasteiger partial charge in [0.25, 0.3) is 11.8 Å². The first-order valence-electron chi connectivity index (χ1n) is 7.54. The van der Waals surface area contributed by atoms with E-state index in [1.807, 2.05) is 6.92 Å². The van der Waals surface area contributed by atoms with Crippen LogP contribution in [0.15, 0.2) is 48.0 Å². The Kier molecular flexibility index (Phi) is 4.97. The van der Waals surface area contributed by atoms with Crippen LogP contribution in [0.4, 0.5) is 5.69 Å². The fourth-order valence-corrected chi connectivity index (χ4v) is 2.65. The molecular formula is C18H14Cl2N2O3. The Balaban J connectivity index is 1.86. The van der Waals surface area contributed by atoms with E-state index in [0.29, 0.717) is 22.3 Å². The molecule has 1 heterocycles. The molecule has 1 saturated heterocycles. The summed E-state index contributed by atoms with van der Waals surface area (Å²) in [5.74, 6) is -0.216. The molecule has 25 heavy (non-hydrogen) atoms. The van der Waals surface area contributed by atoms with Gasteiger partial charge in [0.15, 0.2) is 0 Å². The summed E-state index contributed by atoms with van der Waals surface area (Å²) in [6.07, 6.45) is 1.53. The van der Waals surface area contributed by atoms with Crippen molar-refractivity contribution in [3.05, 3.63) is 63.6 Å². The molecule has 2 aromatic carbocycles. The van der Waals surface area contributed by atoms with Crippen molar-refractivity contribution < 1.29 is 14.3 Å². The van der Waals surface area contributed by atoms with Gasteiger partial charge in [-0.05, 0) is 48.9 Å². The molecule has 0 unspecified atom stereocenters. The zero-order valence-electron chi connectivity index (χ0n) is 13.3. The van der Waals surface area contributed by atoms with Crippen LogP contribution in [0.1, 0.15) is 12.5 Å². The van der Waals surface area contributed by atoms with Crippen LogP contribution in [-0.2, 0) is 9.59 Å². The fraction of sp³-hybridized carbons (Fsp3) is 0.111. The van der Waals surface area contributed by atoms with Crippen LogP contribution in [-0.4, -0.2) is 18.4 Å². The first-order chi connectivity index (χ1) is 12.0. The number of nitrogens with zero attached hydrogens (tertiary/aromatic N) is 1. The van der Waals surface area contributed by atoms with Gasteiger partial charge in [-0.25, -0.2) is 5.01 Å². The number of anilines is 1. The average molecular weight is 377 g/mol. The molecule has 1 aliphatic heterocycles. The summed E-state index contributed by atoms with van der Waals surface area (Å²) in [7, 11) is 0. The minimum Gasteiger partial charge on any atom is -0.494 e. The summed E-state index contributed by atoms with van der Waals surface area (Å²) in [5, 5.41) is 1.81. The molecule has 1 N–H and O–H groups in total. The second-order valence-corrected chi connectivity index (χ2v) is 6.05. The SMILES string of the molecule is CCOc1ccc(/C=C2\C(=O)NN(c3ccc(Cl)c(Cl)c3)C2=O)cc1. The molecule has 3 rings (SSSR count). The third-order valence-electron chi connectivity index (χ3n) is 3.55. The molecule has 128 valence electrons. The van der Waals surface area contributed by atoms with Crippen molar-refractivity contribution in [1.82, 2.24) is 5.43 Å². The molecule has 0 saturated carbocycles. The molecule has 0 aromatic heterocycles. The number of hydrogen-bond acceptors (Lipinski definition) is 3. The smallest absolute Gasteiger partial charge is 0.282 e. The van der Waals surface area contributed by atoms with Crippen LogP contribution in [0.3, 0.4) is 0 Å². The molecule has 0 spiro atoms. The number of ether oxygens (including phenoxy) is 1. The van der Waals surface area contributed by atoms with Crippen molar-refractivity contribution in [1.29, 1.82) is 0 Å². The Morgan fingerprint density at radius 1 is 1.08 bits per heavy atom. The van der Waals surface area contributed by atoms with E-state index in [0.717, 1.165) is 16.3 Å². The van der Waals surface area contributed by atoms with Crippen molar-refractivity contribution in [3.63, 3.8) is 0 Å². The number of hydrazine groups is 1. The maximum absolute atomic E-state index is 12.6. The van der Waals surface area contributed by atoms with E-state index < -0.39 is 11.8 Å². The van der Waals surface area contributed by atoms with Gasteiger partial charge in [-0.2, -0.15) is 0 Å². The molecule has 2 amide bonds. The number of hydrogen-bond donors (Lipinski definition) is 1. The summed E-state index contributed by atoms with van der Waals surface area (Å²) in [4.78, 5) is 24.7. The predicted octanol–water partition coefficient (Wildman–Crippen LogP) is 3.85. The maximum Gasteiger partial charge on any atom is 0.282 e. The monoisotopic (exact) mass is 376 g/mol. The van der Waals surface area contributed by atoms with Crippen LogP contribution in [0.2, 0.25) is 10.0 Å². The highest BCUT2D eigenvalue weighted by Crippen LogP contribution is 2.29. The van der Waals surface area contributed by atoms with E-state index in [4.69, 9.17) is 27.9 Å². The van der Waals surface area contributed by atoms with Gasteiger partial charge in [0, 0.05) is 0 Å². The Labute approximate surface area is 154 Å². The quantitative estimate of drug-likeness (QED) is 0.651. The van der Waals surface area contributed by atoms with Crippen molar-refractivity contribution in [3.8, 4) is 5.75 Å². The van der Waals surface area contributed by atoms with Crippen LogP contribution in [0.25, 0.3) is 6.08 Å². The van der Waals surface area contributed by atoms with Gasteiger partial charge in [0.2, 0.25) is 0 Å². The molecular weight excluding hydrogens is 363 g/mol. The van der Waals surface area contributed by atoms with Crippen LogP contribution in [0.5, 0.6) is 5.75 Å². The van der Waals surface area contributed by atoms with Gasteiger partial charge < -0.3 is 4.74 Å². The molecule has 5 nitrogen and oxygen atoms in total. The lowest BCUT2D eigenvalue weighted by atomic mass is 10.1. The minimum absolute atomic E-state index is 0.0373. The van der Waals surface area contributed by atoms with Crippen molar-refractivity contribution >= 4 is 46.8 Å².